The molecule has 0 aliphatic heterocycles. The topological polar surface area (TPSA) is 61.9 Å². The van der Waals surface area contributed by atoms with Gasteiger partial charge >= 0.3 is 0 Å². The molecule has 0 radical (unpaired) electrons. The van der Waals surface area contributed by atoms with E-state index in [4.69, 9.17) is 0 Å². The van der Waals surface area contributed by atoms with Gasteiger partial charge in [-0.1, -0.05) is 12.5 Å². The molecule has 0 fully saturated rings. The number of benzene rings is 1. The fourth-order valence-electron chi connectivity index (χ4n) is 3.06. The van der Waals surface area contributed by atoms with Crippen molar-refractivity contribution in [1.29, 1.82) is 0 Å². The Labute approximate surface area is 164 Å². The fraction of sp³-hybridized carbons (Fsp3) is 0.318. The first-order chi connectivity index (χ1) is 13.5. The van der Waals surface area contributed by atoms with Crippen molar-refractivity contribution in [1.82, 2.24) is 20.1 Å². The highest BCUT2D eigenvalue weighted by Crippen LogP contribution is 2.19. The maximum atomic E-state index is 13.0. The summed E-state index contributed by atoms with van der Waals surface area (Å²) < 4.78 is 13.0. The summed E-state index contributed by atoms with van der Waals surface area (Å²) in [4.78, 5) is 18.4. The largest absolute Gasteiger partial charge is 0.340 e. The fourth-order valence-corrected chi connectivity index (χ4v) is 3.06. The number of pyridine rings is 1. The van der Waals surface area contributed by atoms with Gasteiger partial charge < -0.3 is 4.90 Å². The van der Waals surface area contributed by atoms with Gasteiger partial charge in [-0.2, -0.15) is 5.10 Å². The Morgan fingerprint density at radius 3 is 2.64 bits per heavy atom. The number of aryl methyl sites for hydroxylation is 2. The molecule has 146 valence electrons. The maximum Gasteiger partial charge on any atom is 0.272 e. The molecule has 2 heterocycles. The third kappa shape index (κ3) is 5.25. The van der Waals surface area contributed by atoms with Gasteiger partial charge in [0.25, 0.3) is 5.91 Å². The molecule has 0 saturated heterocycles. The van der Waals surface area contributed by atoms with E-state index < -0.39 is 0 Å². The zero-order valence-corrected chi connectivity index (χ0v) is 16.3. The molecule has 28 heavy (non-hydrogen) atoms. The van der Waals surface area contributed by atoms with Crippen LogP contribution in [0.4, 0.5) is 4.39 Å². The van der Waals surface area contributed by atoms with Crippen LogP contribution in [0.1, 0.15) is 41.1 Å². The minimum atomic E-state index is -0.249. The summed E-state index contributed by atoms with van der Waals surface area (Å²) in [6, 6.07) is 13.8. The quantitative estimate of drug-likeness (QED) is 0.589. The predicted molar refractivity (Wildman–Crippen MR) is 107 cm³/mol. The summed E-state index contributed by atoms with van der Waals surface area (Å²) in [7, 11) is 1.82. The van der Waals surface area contributed by atoms with Crippen molar-refractivity contribution >= 4 is 5.91 Å². The second kappa shape index (κ2) is 9.26. The van der Waals surface area contributed by atoms with Crippen LogP contribution in [0.25, 0.3) is 11.3 Å². The Morgan fingerprint density at radius 2 is 1.89 bits per heavy atom. The molecular formula is C22H25FN4O. The number of halogens is 1. The molecule has 0 aliphatic rings. The highest BCUT2D eigenvalue weighted by molar-refractivity contribution is 5.92. The average Bonchev–Trinajstić information content (AvgIpc) is 3.16. The van der Waals surface area contributed by atoms with Crippen LogP contribution >= 0.6 is 0 Å². The van der Waals surface area contributed by atoms with Crippen molar-refractivity contribution in [3.05, 3.63) is 71.4 Å². The van der Waals surface area contributed by atoms with Crippen LogP contribution < -0.4 is 0 Å². The number of hydrogen-bond acceptors (Lipinski definition) is 3. The number of carbonyl (C=O) groups is 1. The number of aromatic nitrogens is 3. The van der Waals surface area contributed by atoms with Crippen LogP contribution in [-0.2, 0) is 6.42 Å². The Bertz CT molecular complexity index is 920. The zero-order chi connectivity index (χ0) is 19.9. The highest BCUT2D eigenvalue weighted by Gasteiger charge is 2.12. The molecule has 3 rings (SSSR count). The Morgan fingerprint density at radius 1 is 1.11 bits per heavy atom. The summed E-state index contributed by atoms with van der Waals surface area (Å²) >= 11 is 0. The smallest absolute Gasteiger partial charge is 0.272 e. The number of H-pyrrole nitrogens is 1. The van der Waals surface area contributed by atoms with Crippen LogP contribution in [0.5, 0.6) is 0 Å². The van der Waals surface area contributed by atoms with E-state index in [9.17, 15) is 9.18 Å². The number of carbonyl (C=O) groups excluding carboxylic acids is 1. The van der Waals surface area contributed by atoms with Gasteiger partial charge in [-0.3, -0.25) is 9.89 Å². The summed E-state index contributed by atoms with van der Waals surface area (Å²) in [6.07, 6.45) is 3.86. The van der Waals surface area contributed by atoms with E-state index in [0.717, 1.165) is 48.3 Å². The van der Waals surface area contributed by atoms with Gasteiger partial charge in [0, 0.05) is 30.5 Å². The molecule has 5 nitrogen and oxygen atoms in total. The van der Waals surface area contributed by atoms with E-state index in [1.54, 1.807) is 23.1 Å². The average molecular weight is 380 g/mol. The second-order valence-corrected chi connectivity index (χ2v) is 6.99. The van der Waals surface area contributed by atoms with Crippen LogP contribution in [0.2, 0.25) is 0 Å². The van der Waals surface area contributed by atoms with Crippen molar-refractivity contribution in [2.45, 2.75) is 32.6 Å². The lowest BCUT2D eigenvalue weighted by Gasteiger charge is -2.16. The minimum Gasteiger partial charge on any atom is -0.340 e. The predicted octanol–water partition coefficient (Wildman–Crippen LogP) is 4.40. The molecular weight excluding hydrogens is 355 g/mol. The number of nitrogens with one attached hydrogen (secondary N) is 1. The normalized spacial score (nSPS) is 10.8. The van der Waals surface area contributed by atoms with E-state index in [2.05, 4.69) is 15.2 Å². The summed E-state index contributed by atoms with van der Waals surface area (Å²) in [5.74, 6) is -0.289. The van der Waals surface area contributed by atoms with Gasteiger partial charge in [0.15, 0.2) is 0 Å². The molecule has 6 heteroatoms. The molecule has 0 aliphatic carbocycles. The Kier molecular flexibility index (Phi) is 6.53. The molecule has 1 aromatic carbocycles. The van der Waals surface area contributed by atoms with E-state index in [0.29, 0.717) is 12.2 Å². The van der Waals surface area contributed by atoms with Gasteiger partial charge in [-0.15, -0.1) is 0 Å². The second-order valence-electron chi connectivity index (χ2n) is 6.99. The third-order valence-electron chi connectivity index (χ3n) is 4.66. The lowest BCUT2D eigenvalue weighted by Crippen LogP contribution is -2.28. The first kappa shape index (κ1) is 19.7. The number of rotatable bonds is 8. The van der Waals surface area contributed by atoms with Crippen molar-refractivity contribution in [2.24, 2.45) is 0 Å². The van der Waals surface area contributed by atoms with E-state index >= 15 is 0 Å². The first-order valence-electron chi connectivity index (χ1n) is 9.52. The Balaban J connectivity index is 1.40. The number of unbranched alkanes of at least 4 members (excludes halogenated alkanes) is 2. The van der Waals surface area contributed by atoms with Crippen molar-refractivity contribution in [3.8, 4) is 11.3 Å². The molecule has 2 aromatic heterocycles. The molecule has 1 amide bonds. The molecule has 3 aromatic rings. The van der Waals surface area contributed by atoms with E-state index in [-0.39, 0.29) is 11.7 Å². The standard InChI is InChI=1S/C22H25FN4O/c1-16-7-6-9-20(24-16)22(28)27(2)14-5-3-4-8-19-15-21(26-25-19)17-10-12-18(23)13-11-17/h6-7,9-13,15H,3-5,8,14H2,1-2H3,(H,25,26). The van der Waals surface area contributed by atoms with Crippen molar-refractivity contribution in [3.63, 3.8) is 0 Å². The van der Waals surface area contributed by atoms with Gasteiger partial charge in [0.05, 0.1) is 5.69 Å². The highest BCUT2D eigenvalue weighted by atomic mass is 19.1. The molecule has 1 N–H and O–H groups in total. The lowest BCUT2D eigenvalue weighted by atomic mass is 10.1. The Hall–Kier alpha value is -3.02. The van der Waals surface area contributed by atoms with Gasteiger partial charge in [-0.05, 0) is 68.7 Å². The first-order valence-corrected chi connectivity index (χ1v) is 9.52. The van der Waals surface area contributed by atoms with Crippen LogP contribution in [0.3, 0.4) is 0 Å². The van der Waals surface area contributed by atoms with E-state index in [1.807, 2.05) is 32.2 Å². The minimum absolute atomic E-state index is 0.0405. The molecule has 0 atom stereocenters. The van der Waals surface area contributed by atoms with Gasteiger partial charge in [0.1, 0.15) is 11.5 Å². The summed E-state index contributed by atoms with van der Waals surface area (Å²) in [5.41, 5.74) is 4.12. The number of aromatic amines is 1. The lowest BCUT2D eigenvalue weighted by molar-refractivity contribution is 0.0786. The van der Waals surface area contributed by atoms with Crippen LogP contribution in [-0.4, -0.2) is 39.6 Å². The third-order valence-corrected chi connectivity index (χ3v) is 4.66. The monoisotopic (exact) mass is 380 g/mol. The van der Waals surface area contributed by atoms with Crippen molar-refractivity contribution < 1.29 is 9.18 Å². The number of amides is 1. The van der Waals surface area contributed by atoms with Gasteiger partial charge in [-0.25, -0.2) is 9.37 Å². The van der Waals surface area contributed by atoms with Crippen molar-refractivity contribution in [2.75, 3.05) is 13.6 Å². The van der Waals surface area contributed by atoms with Gasteiger partial charge in [0.2, 0.25) is 0 Å². The summed E-state index contributed by atoms with van der Waals surface area (Å²) in [5, 5.41) is 7.35. The van der Waals surface area contributed by atoms with Crippen LogP contribution in [0.15, 0.2) is 48.5 Å². The number of hydrogen-bond donors (Lipinski definition) is 1. The van der Waals surface area contributed by atoms with E-state index in [1.165, 1.54) is 12.1 Å². The summed E-state index contributed by atoms with van der Waals surface area (Å²) in [6.45, 7) is 2.59. The van der Waals surface area contributed by atoms with Crippen LogP contribution in [0, 0.1) is 12.7 Å². The molecule has 0 saturated carbocycles. The molecule has 0 bridgehead atoms. The molecule has 0 spiro atoms. The maximum absolute atomic E-state index is 13.0. The zero-order valence-electron chi connectivity index (χ0n) is 16.3. The SMILES string of the molecule is Cc1cccc(C(=O)N(C)CCCCCc2cc(-c3ccc(F)cc3)n[nH]2)n1. The molecule has 0 unspecified atom stereocenters. The number of nitrogens with zero attached hydrogens (tertiary/aromatic N) is 3.